The van der Waals surface area contributed by atoms with Gasteiger partial charge in [-0.2, -0.15) is 0 Å². The first-order valence-corrected chi connectivity index (χ1v) is 7.84. The second kappa shape index (κ2) is 5.78. The number of fused-ring (bicyclic) bond motifs is 3. The van der Waals surface area contributed by atoms with Gasteiger partial charge in [0.15, 0.2) is 5.78 Å². The molecule has 4 rings (SSSR count). The van der Waals surface area contributed by atoms with Gasteiger partial charge in [-0.15, -0.1) is 0 Å². The highest BCUT2D eigenvalue weighted by Gasteiger charge is 2.26. The zero-order chi connectivity index (χ0) is 16.5. The SMILES string of the molecule is O=C(NCc1ccccc1)c1ccc2c(c1)C(=O)c1ccccc1-2. The summed E-state index contributed by atoms with van der Waals surface area (Å²) in [7, 11) is 0. The molecule has 0 saturated heterocycles. The van der Waals surface area contributed by atoms with E-state index in [4.69, 9.17) is 0 Å². The van der Waals surface area contributed by atoms with Crippen LogP contribution in [0.15, 0.2) is 72.8 Å². The van der Waals surface area contributed by atoms with Gasteiger partial charge in [0.2, 0.25) is 0 Å². The molecular formula is C21H15NO2. The summed E-state index contributed by atoms with van der Waals surface area (Å²) >= 11 is 0. The molecule has 0 radical (unpaired) electrons. The molecule has 3 heteroatoms. The van der Waals surface area contributed by atoms with E-state index in [1.165, 1.54) is 0 Å². The van der Waals surface area contributed by atoms with Gasteiger partial charge in [-0.05, 0) is 28.8 Å². The topological polar surface area (TPSA) is 46.2 Å². The smallest absolute Gasteiger partial charge is 0.251 e. The predicted octanol–water partition coefficient (Wildman–Crippen LogP) is 3.83. The Bertz CT molecular complexity index is 945. The largest absolute Gasteiger partial charge is 0.348 e. The van der Waals surface area contributed by atoms with Gasteiger partial charge < -0.3 is 5.32 Å². The van der Waals surface area contributed by atoms with Crippen molar-refractivity contribution < 1.29 is 9.59 Å². The molecule has 1 aliphatic rings. The number of rotatable bonds is 3. The number of benzene rings is 3. The van der Waals surface area contributed by atoms with Gasteiger partial charge >= 0.3 is 0 Å². The highest BCUT2D eigenvalue weighted by molar-refractivity contribution is 6.22. The molecule has 116 valence electrons. The van der Waals surface area contributed by atoms with Crippen LogP contribution in [0, 0.1) is 0 Å². The van der Waals surface area contributed by atoms with Gasteiger partial charge in [-0.3, -0.25) is 9.59 Å². The van der Waals surface area contributed by atoms with Gasteiger partial charge in [0.05, 0.1) is 0 Å². The van der Waals surface area contributed by atoms with E-state index in [1.54, 1.807) is 12.1 Å². The van der Waals surface area contributed by atoms with E-state index in [2.05, 4.69) is 5.32 Å². The first kappa shape index (κ1) is 14.4. The summed E-state index contributed by atoms with van der Waals surface area (Å²) in [6.07, 6.45) is 0. The molecule has 24 heavy (non-hydrogen) atoms. The fraction of sp³-hybridized carbons (Fsp3) is 0.0476. The number of amides is 1. The van der Waals surface area contributed by atoms with E-state index >= 15 is 0 Å². The molecule has 1 N–H and O–H groups in total. The highest BCUT2D eigenvalue weighted by atomic mass is 16.1. The molecule has 3 aromatic carbocycles. The fourth-order valence-electron chi connectivity index (χ4n) is 3.05. The number of nitrogens with one attached hydrogen (secondary N) is 1. The van der Waals surface area contributed by atoms with Crippen molar-refractivity contribution >= 4 is 11.7 Å². The Morgan fingerprint density at radius 1 is 0.750 bits per heavy atom. The molecule has 0 spiro atoms. The molecule has 3 nitrogen and oxygen atoms in total. The van der Waals surface area contributed by atoms with Crippen LogP contribution >= 0.6 is 0 Å². The monoisotopic (exact) mass is 313 g/mol. The summed E-state index contributed by atoms with van der Waals surface area (Å²) in [4.78, 5) is 24.9. The van der Waals surface area contributed by atoms with Crippen LogP contribution in [0.2, 0.25) is 0 Å². The molecule has 0 aliphatic heterocycles. The minimum Gasteiger partial charge on any atom is -0.348 e. The van der Waals surface area contributed by atoms with Crippen molar-refractivity contribution in [1.29, 1.82) is 0 Å². The molecule has 0 fully saturated rings. The average Bonchev–Trinajstić information content (AvgIpc) is 2.93. The minimum absolute atomic E-state index is 0.0155. The summed E-state index contributed by atoms with van der Waals surface area (Å²) in [5, 5.41) is 2.89. The van der Waals surface area contributed by atoms with Gasteiger partial charge in [-0.25, -0.2) is 0 Å². The van der Waals surface area contributed by atoms with Gasteiger partial charge in [0.1, 0.15) is 0 Å². The predicted molar refractivity (Wildman–Crippen MR) is 92.9 cm³/mol. The molecule has 0 saturated carbocycles. The van der Waals surface area contributed by atoms with Crippen molar-refractivity contribution in [1.82, 2.24) is 5.32 Å². The van der Waals surface area contributed by atoms with Crippen LogP contribution < -0.4 is 5.32 Å². The van der Waals surface area contributed by atoms with Gasteiger partial charge in [0, 0.05) is 23.2 Å². The van der Waals surface area contributed by atoms with Crippen LogP contribution in [0.4, 0.5) is 0 Å². The Balaban J connectivity index is 1.58. The normalized spacial score (nSPS) is 11.8. The Kier molecular flexibility index (Phi) is 3.47. The minimum atomic E-state index is -0.176. The fourth-order valence-corrected chi connectivity index (χ4v) is 3.05. The van der Waals surface area contributed by atoms with Crippen LogP contribution in [-0.4, -0.2) is 11.7 Å². The van der Waals surface area contributed by atoms with Crippen molar-refractivity contribution in [2.24, 2.45) is 0 Å². The third-order valence-corrected chi connectivity index (χ3v) is 4.28. The van der Waals surface area contributed by atoms with Crippen molar-refractivity contribution in [3.05, 3.63) is 95.1 Å². The lowest BCUT2D eigenvalue weighted by molar-refractivity contribution is 0.0951. The molecular weight excluding hydrogens is 298 g/mol. The van der Waals surface area contributed by atoms with Crippen molar-refractivity contribution in [2.75, 3.05) is 0 Å². The maximum atomic E-state index is 12.5. The quantitative estimate of drug-likeness (QED) is 0.625. The first-order valence-electron chi connectivity index (χ1n) is 7.84. The van der Waals surface area contributed by atoms with E-state index in [1.807, 2.05) is 60.7 Å². The maximum Gasteiger partial charge on any atom is 0.251 e. The number of ketones is 1. The molecule has 0 unspecified atom stereocenters. The summed E-state index contributed by atoms with van der Waals surface area (Å²) in [5.74, 6) is -0.191. The van der Waals surface area contributed by atoms with Crippen molar-refractivity contribution in [3.8, 4) is 11.1 Å². The number of hydrogen-bond donors (Lipinski definition) is 1. The van der Waals surface area contributed by atoms with E-state index < -0.39 is 0 Å². The lowest BCUT2D eigenvalue weighted by Crippen LogP contribution is -2.22. The average molecular weight is 313 g/mol. The van der Waals surface area contributed by atoms with E-state index in [0.717, 1.165) is 16.7 Å². The summed E-state index contributed by atoms with van der Waals surface area (Å²) in [6, 6.07) is 22.6. The molecule has 0 bridgehead atoms. The highest BCUT2D eigenvalue weighted by Crippen LogP contribution is 2.36. The van der Waals surface area contributed by atoms with E-state index in [0.29, 0.717) is 23.2 Å². The number of carbonyl (C=O) groups is 2. The molecule has 3 aromatic rings. The molecule has 1 aliphatic carbocycles. The van der Waals surface area contributed by atoms with Crippen LogP contribution in [0.3, 0.4) is 0 Å². The number of hydrogen-bond acceptors (Lipinski definition) is 2. The zero-order valence-corrected chi connectivity index (χ0v) is 13.0. The third-order valence-electron chi connectivity index (χ3n) is 4.28. The van der Waals surface area contributed by atoms with Crippen molar-refractivity contribution in [3.63, 3.8) is 0 Å². The Hall–Kier alpha value is -3.20. The van der Waals surface area contributed by atoms with E-state index in [-0.39, 0.29) is 11.7 Å². The standard InChI is InChI=1S/C21H15NO2/c23-20-18-9-5-4-8-16(18)17-11-10-15(12-19(17)20)21(24)22-13-14-6-2-1-3-7-14/h1-12H,13H2,(H,22,24). The molecule has 1 amide bonds. The summed E-state index contributed by atoms with van der Waals surface area (Å²) in [6.45, 7) is 0.463. The Morgan fingerprint density at radius 2 is 1.42 bits per heavy atom. The lowest BCUT2D eigenvalue weighted by atomic mass is 10.0. The van der Waals surface area contributed by atoms with E-state index in [9.17, 15) is 9.59 Å². The van der Waals surface area contributed by atoms with Crippen LogP contribution in [0.25, 0.3) is 11.1 Å². The maximum absolute atomic E-state index is 12.5. The van der Waals surface area contributed by atoms with Crippen molar-refractivity contribution in [2.45, 2.75) is 6.54 Å². The molecule has 0 heterocycles. The second-order valence-electron chi connectivity index (χ2n) is 5.80. The van der Waals surface area contributed by atoms with Crippen LogP contribution in [-0.2, 0) is 6.54 Å². The van der Waals surface area contributed by atoms with Gasteiger partial charge in [-0.1, -0.05) is 60.7 Å². The number of carbonyl (C=O) groups excluding carboxylic acids is 2. The summed E-state index contributed by atoms with van der Waals surface area (Å²) in [5.41, 5.74) is 4.68. The second-order valence-corrected chi connectivity index (χ2v) is 5.80. The Morgan fingerprint density at radius 3 is 2.21 bits per heavy atom. The Labute approximate surface area is 140 Å². The van der Waals surface area contributed by atoms with Crippen LogP contribution in [0.5, 0.6) is 0 Å². The zero-order valence-electron chi connectivity index (χ0n) is 13.0. The molecule has 0 atom stereocenters. The summed E-state index contributed by atoms with van der Waals surface area (Å²) < 4.78 is 0. The first-order chi connectivity index (χ1) is 11.7. The third kappa shape index (κ3) is 2.40. The molecule has 0 aromatic heterocycles. The van der Waals surface area contributed by atoms with Crippen LogP contribution in [0.1, 0.15) is 31.8 Å². The van der Waals surface area contributed by atoms with Gasteiger partial charge in [0.25, 0.3) is 5.91 Å². The lowest BCUT2D eigenvalue weighted by Gasteiger charge is -2.07.